The van der Waals surface area contributed by atoms with E-state index in [4.69, 9.17) is 26.3 Å². The first-order chi connectivity index (χ1) is 39.3. The fourth-order valence-electron chi connectivity index (χ4n) is 10.2. The predicted octanol–water partition coefficient (Wildman–Crippen LogP) is 13.8. The minimum atomic E-state index is -0.951. The molecular formula is C66H51ClN10O3. The molecule has 0 saturated carbocycles. The molecule has 80 heavy (non-hydrogen) atoms. The second kappa shape index (κ2) is 22.8. The van der Waals surface area contributed by atoms with Crippen molar-refractivity contribution in [2.45, 2.75) is 24.9 Å². The van der Waals surface area contributed by atoms with Crippen LogP contribution in [0, 0.1) is 0 Å². The second-order valence-corrected chi connectivity index (χ2v) is 19.6. The van der Waals surface area contributed by atoms with Crippen molar-refractivity contribution in [3.05, 3.63) is 239 Å². The Bertz CT molecular complexity index is 4100. The van der Waals surface area contributed by atoms with Gasteiger partial charge in [-0.15, -0.1) is 0 Å². The highest BCUT2D eigenvalue weighted by Gasteiger charge is 2.28. The summed E-state index contributed by atoms with van der Waals surface area (Å²) in [5, 5.41) is 9.27. The zero-order valence-electron chi connectivity index (χ0n) is 43.3. The van der Waals surface area contributed by atoms with E-state index in [1.165, 1.54) is 7.11 Å². The molecule has 0 fully saturated rings. The molecule has 0 aliphatic carbocycles. The molecule has 10 aromatic rings. The molecule has 0 spiro atoms. The topological polar surface area (TPSA) is 175 Å². The van der Waals surface area contributed by atoms with Gasteiger partial charge < -0.3 is 30.7 Å². The molecular weight excluding hydrogens is 1020 g/mol. The Labute approximate surface area is 466 Å². The first-order valence-corrected chi connectivity index (χ1v) is 26.5. The molecule has 2 aliphatic rings. The van der Waals surface area contributed by atoms with Crippen LogP contribution in [0.15, 0.2) is 200 Å². The molecule has 4 aromatic heterocycles. The summed E-state index contributed by atoms with van der Waals surface area (Å²) < 4.78 is 5.10. The number of anilines is 3. The maximum atomic E-state index is 14.2. The maximum Gasteiger partial charge on any atom is 0.328 e. The molecule has 390 valence electrons. The third-order valence-corrected chi connectivity index (χ3v) is 14.1. The highest BCUT2D eigenvalue weighted by molar-refractivity contribution is 6.28. The lowest BCUT2D eigenvalue weighted by atomic mass is 10.0. The number of nitrogens with zero attached hydrogens (tertiary/aromatic N) is 5. The van der Waals surface area contributed by atoms with E-state index >= 15 is 0 Å². The van der Waals surface area contributed by atoms with E-state index in [0.29, 0.717) is 5.69 Å². The predicted molar refractivity (Wildman–Crippen MR) is 320 cm³/mol. The van der Waals surface area contributed by atoms with Crippen molar-refractivity contribution in [2.24, 2.45) is 0 Å². The van der Waals surface area contributed by atoms with Gasteiger partial charge in [-0.2, -0.15) is 15.0 Å². The van der Waals surface area contributed by atoms with E-state index in [1.807, 2.05) is 127 Å². The first kappa shape index (κ1) is 50.6. The number of benzene rings is 6. The summed E-state index contributed by atoms with van der Waals surface area (Å²) in [7, 11) is 1.30. The van der Waals surface area contributed by atoms with Gasteiger partial charge in [0.1, 0.15) is 12.1 Å². The number of rotatable bonds is 15. The molecule has 2 aliphatic heterocycles. The summed E-state index contributed by atoms with van der Waals surface area (Å²) >= 11 is 6.58. The molecule has 6 heterocycles. The Morgan fingerprint density at radius 1 is 0.450 bits per heavy atom. The van der Waals surface area contributed by atoms with Gasteiger partial charge in [-0.25, -0.2) is 14.8 Å². The Balaban J connectivity index is 0.933. The molecule has 8 bridgehead atoms. The highest BCUT2D eigenvalue weighted by Crippen LogP contribution is 2.39. The lowest BCUT2D eigenvalue weighted by molar-refractivity contribution is -0.145. The molecule has 6 aromatic carbocycles. The van der Waals surface area contributed by atoms with Crippen LogP contribution in [0.4, 0.5) is 17.6 Å². The molecule has 14 heteroatoms. The van der Waals surface area contributed by atoms with Crippen molar-refractivity contribution in [3.8, 4) is 44.5 Å². The number of H-pyrrole nitrogens is 2. The number of amides is 1. The van der Waals surface area contributed by atoms with Gasteiger partial charge in [0.2, 0.25) is 23.1 Å². The normalized spacial score (nSPS) is 12.4. The number of hydrogen-bond acceptors (Lipinski definition) is 10. The van der Waals surface area contributed by atoms with Crippen LogP contribution in [0.3, 0.4) is 0 Å². The third kappa shape index (κ3) is 11.0. The highest BCUT2D eigenvalue weighted by atomic mass is 35.5. The number of halogens is 1. The fraction of sp³-hybridized carbons (Fsp3) is 0.0758. The molecule has 12 rings (SSSR count). The molecule has 2 atom stereocenters. The van der Waals surface area contributed by atoms with Crippen LogP contribution in [-0.2, 0) is 27.2 Å². The van der Waals surface area contributed by atoms with E-state index in [1.54, 1.807) is 0 Å². The number of nitrogens with one attached hydrogen (secondary N) is 5. The minimum absolute atomic E-state index is 0.0528. The fourth-order valence-corrected chi connectivity index (χ4v) is 10.4. The van der Waals surface area contributed by atoms with Gasteiger partial charge >= 0.3 is 5.97 Å². The van der Waals surface area contributed by atoms with Crippen LogP contribution >= 0.6 is 11.6 Å². The van der Waals surface area contributed by atoms with E-state index in [9.17, 15) is 9.59 Å². The van der Waals surface area contributed by atoms with E-state index < -0.39 is 24.0 Å². The smallest absolute Gasteiger partial charge is 0.328 e. The SMILES string of the molecule is COC(=O)[C@H](Cc1ccccc1)NC(=O)[C@H](Cc1ccccc1)Nc1nc(Cl)nc(Nc2ccc(-c3c4nc(c(-c5ccccc5)c5ccc([nH]5)c(-c5ccccc5)c5nc(c(-c6ccccc6)c6ccc3[nH]6)C=C5)C=C4)cc2)n1. The van der Waals surface area contributed by atoms with E-state index in [0.717, 1.165) is 100 Å². The van der Waals surface area contributed by atoms with Gasteiger partial charge in [-0.1, -0.05) is 164 Å². The Hall–Kier alpha value is -10.2. The molecule has 0 radical (unpaired) electrons. The van der Waals surface area contributed by atoms with E-state index in [2.05, 4.69) is 138 Å². The largest absolute Gasteiger partial charge is 0.467 e. The standard InChI is InChI=1S/C66H51ClN10O3/c1-80-63(79)57(40-42-19-9-3-10-20-42)73-62(78)56(39-41-17-7-2-8-18-41)74-66-76-64(67)75-65(77-66)68-47-29-27-46(28-30-47)61-54-37-35-52(71-54)59(44-23-13-5-14-24-44)50-33-31-48(69-50)58(43-21-11-4-12-22-43)49-32-34-51(70-49)60(45-25-15-6-16-26-45)53-36-38-55(61)72-53/h2-38,56-57,69,72H,39-40H2,1H3,(H,73,78)(H2,68,74,75,76,77)/t56-,57-/m0/s1. The van der Waals surface area contributed by atoms with Crippen LogP contribution in [0.5, 0.6) is 0 Å². The third-order valence-electron chi connectivity index (χ3n) is 14.0. The summed E-state index contributed by atoms with van der Waals surface area (Å²) in [6.07, 6.45) is 8.82. The Morgan fingerprint density at radius 3 is 1.24 bits per heavy atom. The number of ether oxygens (including phenoxy) is 1. The lowest BCUT2D eigenvalue weighted by Crippen LogP contribution is -2.50. The van der Waals surface area contributed by atoms with Crippen molar-refractivity contribution >= 4 is 87.4 Å². The number of aromatic nitrogens is 7. The van der Waals surface area contributed by atoms with Crippen LogP contribution < -0.4 is 16.0 Å². The molecule has 5 N–H and O–H groups in total. The van der Waals surface area contributed by atoms with Crippen molar-refractivity contribution in [1.82, 2.24) is 40.2 Å². The number of aromatic amines is 2. The number of carbonyl (C=O) groups excluding carboxylic acids is 2. The van der Waals surface area contributed by atoms with Crippen molar-refractivity contribution in [2.75, 3.05) is 17.7 Å². The van der Waals surface area contributed by atoms with Gasteiger partial charge in [0.25, 0.3) is 0 Å². The number of methoxy groups -OCH3 is 1. The minimum Gasteiger partial charge on any atom is -0.467 e. The van der Waals surface area contributed by atoms with Gasteiger partial charge in [0.05, 0.1) is 29.9 Å². The molecule has 13 nitrogen and oxygen atoms in total. The average molecular weight is 1070 g/mol. The monoisotopic (exact) mass is 1070 g/mol. The maximum absolute atomic E-state index is 14.2. The Kier molecular flexibility index (Phi) is 14.4. The second-order valence-electron chi connectivity index (χ2n) is 19.2. The van der Waals surface area contributed by atoms with Gasteiger partial charge in [-0.05, 0) is 106 Å². The van der Waals surface area contributed by atoms with Crippen molar-refractivity contribution in [3.63, 3.8) is 0 Å². The van der Waals surface area contributed by atoms with Crippen LogP contribution in [0.1, 0.15) is 33.9 Å². The van der Waals surface area contributed by atoms with Crippen LogP contribution in [0.25, 0.3) is 90.9 Å². The molecule has 1 amide bonds. The quantitative estimate of drug-likeness (QED) is 0.0621. The van der Waals surface area contributed by atoms with Gasteiger partial charge in [0, 0.05) is 62.8 Å². The molecule has 0 unspecified atom stereocenters. The van der Waals surface area contributed by atoms with Crippen LogP contribution in [-0.4, -0.2) is 66.0 Å². The molecule has 0 saturated heterocycles. The lowest BCUT2D eigenvalue weighted by Gasteiger charge is -2.23. The number of hydrogen-bond donors (Lipinski definition) is 5. The van der Waals surface area contributed by atoms with Gasteiger partial charge in [0.15, 0.2) is 0 Å². The summed E-state index contributed by atoms with van der Waals surface area (Å²) in [6.45, 7) is 0. The summed E-state index contributed by atoms with van der Waals surface area (Å²) in [5.41, 5.74) is 16.9. The van der Waals surface area contributed by atoms with E-state index in [-0.39, 0.29) is 30.0 Å². The van der Waals surface area contributed by atoms with Crippen molar-refractivity contribution in [1.29, 1.82) is 0 Å². The summed E-state index contributed by atoms with van der Waals surface area (Å²) in [6, 6.07) is 64.5. The average Bonchev–Trinajstić information content (AvgIpc) is 4.37. The number of esters is 1. The summed E-state index contributed by atoms with van der Waals surface area (Å²) in [4.78, 5) is 59.1. The summed E-state index contributed by atoms with van der Waals surface area (Å²) in [5.74, 6) is -0.837. The number of fused-ring (bicyclic) bond motifs is 8. The first-order valence-electron chi connectivity index (χ1n) is 26.1. The number of carbonyl (C=O) groups is 2. The van der Waals surface area contributed by atoms with Crippen LogP contribution in [0.2, 0.25) is 5.28 Å². The zero-order valence-corrected chi connectivity index (χ0v) is 44.0. The Morgan fingerprint density at radius 2 is 0.825 bits per heavy atom. The van der Waals surface area contributed by atoms with Crippen molar-refractivity contribution < 1.29 is 14.3 Å². The van der Waals surface area contributed by atoms with Gasteiger partial charge in [-0.3, -0.25) is 4.79 Å². The zero-order chi connectivity index (χ0) is 54.4.